The molecule has 0 rings (SSSR count). The maximum atomic E-state index is 13.1. The molecule has 0 heterocycles. The number of carbonyl (C=O) groups excluding carboxylic acids is 4. The number of aliphatic hydroxyl groups excluding tert-OH is 1. The number of unbranched alkanes of at least 4 members (excludes halogenated alkanes) is 48. The fourth-order valence-corrected chi connectivity index (χ4v) is 14.2. The Balaban J connectivity index is 5.24. The van der Waals surface area contributed by atoms with Gasteiger partial charge in [0.2, 0.25) is 0 Å². The quantitative estimate of drug-likeness (QED) is 0.0222. The second-order valence-corrected chi connectivity index (χ2v) is 33.8. The number of carbonyl (C=O) groups is 4. The van der Waals surface area contributed by atoms with E-state index in [9.17, 15) is 43.2 Å². The summed E-state index contributed by atoms with van der Waals surface area (Å²) in [5.74, 6) is 0.277. The molecule has 0 spiro atoms. The maximum Gasteiger partial charge on any atom is 0.472 e. The number of hydrogen-bond acceptors (Lipinski definition) is 15. The van der Waals surface area contributed by atoms with E-state index in [4.69, 9.17) is 37.0 Å². The van der Waals surface area contributed by atoms with Gasteiger partial charge in [0.1, 0.15) is 19.3 Å². The molecule has 0 aromatic rings. The van der Waals surface area contributed by atoms with Gasteiger partial charge in [-0.2, -0.15) is 0 Å². The lowest BCUT2D eigenvalue weighted by atomic mass is 10.0. The van der Waals surface area contributed by atoms with E-state index in [1.165, 1.54) is 238 Å². The SMILES string of the molecule is CCCCCCCCCCCCC(=O)OC[C@H](COP(=O)(O)OC[C@H](O)COP(=O)(O)OC[C@@H](COC(=O)CCCCCCCCCCCCCCCCCC(C)C)OC(=O)CCCCCCCCCCCCCCCCCC(C)C)OC(=O)CCCCCCCCCCCCCCC(C)C. The molecule has 0 amide bonds. The summed E-state index contributed by atoms with van der Waals surface area (Å²) in [5, 5.41) is 10.6. The molecular weight excluding hydrogens is 1320 g/mol. The van der Waals surface area contributed by atoms with Crippen LogP contribution in [0.5, 0.6) is 0 Å². The fourth-order valence-electron chi connectivity index (χ4n) is 12.7. The zero-order valence-electron chi connectivity index (χ0n) is 66.4. The van der Waals surface area contributed by atoms with Crippen molar-refractivity contribution in [3.8, 4) is 0 Å². The standard InChI is InChI=1S/C82H160O17P2/c1-8-9-10-11-12-13-35-42-49-56-63-79(84)92-69-77(98-82(87)66-59-52-45-38-31-25-24-28-34-41-48-55-62-75(6)7)71-96-100(88,89)94-67-76(83)68-95-101(90,91)97-72-78(99-81(86)65-58-51-44-37-30-23-19-15-17-21-27-33-40-47-54-61-74(4)5)70-93-80(85)64-57-50-43-36-29-22-18-14-16-20-26-32-39-46-53-60-73(2)3/h73-78,83H,8-72H2,1-7H3,(H,88,89)(H,90,91)/t76-,77+,78+/m0/s1. The van der Waals surface area contributed by atoms with Crippen LogP contribution >= 0.6 is 15.6 Å². The predicted molar refractivity (Wildman–Crippen MR) is 414 cm³/mol. The Bertz CT molecular complexity index is 1960. The molecule has 3 N–H and O–H groups in total. The summed E-state index contributed by atoms with van der Waals surface area (Å²) in [5.41, 5.74) is 0. The van der Waals surface area contributed by atoms with E-state index >= 15 is 0 Å². The zero-order chi connectivity index (χ0) is 74.4. The highest BCUT2D eigenvalue weighted by molar-refractivity contribution is 7.47. The van der Waals surface area contributed by atoms with E-state index < -0.39 is 97.5 Å². The first-order valence-electron chi connectivity index (χ1n) is 42.3. The van der Waals surface area contributed by atoms with Crippen molar-refractivity contribution in [2.75, 3.05) is 39.6 Å². The average molecular weight is 1480 g/mol. The Morgan fingerprint density at radius 3 is 0.673 bits per heavy atom. The molecule has 0 saturated carbocycles. The summed E-state index contributed by atoms with van der Waals surface area (Å²) in [6.45, 7) is 12.0. The van der Waals surface area contributed by atoms with Gasteiger partial charge in [-0.25, -0.2) is 9.13 Å². The predicted octanol–water partition coefficient (Wildman–Crippen LogP) is 24.5. The first kappa shape index (κ1) is 99.1. The Labute approximate surface area is 619 Å². The second-order valence-electron chi connectivity index (χ2n) is 30.9. The molecule has 0 saturated heterocycles. The van der Waals surface area contributed by atoms with E-state index in [0.29, 0.717) is 25.7 Å². The van der Waals surface area contributed by atoms with Gasteiger partial charge in [-0.1, -0.05) is 376 Å². The molecule has 0 fully saturated rings. The Hall–Kier alpha value is -1.94. The summed E-state index contributed by atoms with van der Waals surface area (Å²) < 4.78 is 68.8. The molecule has 17 nitrogen and oxygen atoms in total. The number of phosphoric acid groups is 2. The Kier molecular flexibility index (Phi) is 70.9. The summed E-state index contributed by atoms with van der Waals surface area (Å²) in [7, 11) is -9.92. The van der Waals surface area contributed by atoms with Crippen molar-refractivity contribution in [3.63, 3.8) is 0 Å². The number of esters is 4. The Morgan fingerprint density at radius 1 is 0.267 bits per heavy atom. The van der Waals surface area contributed by atoms with Gasteiger partial charge in [0, 0.05) is 25.7 Å². The van der Waals surface area contributed by atoms with Crippen molar-refractivity contribution in [1.82, 2.24) is 0 Å². The molecule has 0 aromatic heterocycles. The minimum Gasteiger partial charge on any atom is -0.462 e. The molecule has 0 aliphatic heterocycles. The molecule has 0 aliphatic carbocycles. The average Bonchev–Trinajstić information content (AvgIpc) is 0.963. The van der Waals surface area contributed by atoms with Crippen molar-refractivity contribution in [2.24, 2.45) is 17.8 Å². The van der Waals surface area contributed by atoms with Crippen LogP contribution in [0.3, 0.4) is 0 Å². The van der Waals surface area contributed by atoms with Crippen LogP contribution in [0.1, 0.15) is 427 Å². The van der Waals surface area contributed by atoms with Crippen LogP contribution in [0.15, 0.2) is 0 Å². The number of rotatable bonds is 80. The van der Waals surface area contributed by atoms with E-state index in [1.807, 2.05) is 0 Å². The second kappa shape index (κ2) is 72.3. The van der Waals surface area contributed by atoms with Crippen molar-refractivity contribution in [1.29, 1.82) is 0 Å². The molecule has 19 heteroatoms. The summed E-state index contributed by atoms with van der Waals surface area (Å²) >= 11 is 0. The van der Waals surface area contributed by atoms with Crippen LogP contribution in [-0.2, 0) is 65.4 Å². The van der Waals surface area contributed by atoms with Gasteiger partial charge >= 0.3 is 39.5 Å². The number of ether oxygens (including phenoxy) is 4. The molecule has 0 aliphatic rings. The lowest BCUT2D eigenvalue weighted by Gasteiger charge is -2.21. The lowest BCUT2D eigenvalue weighted by Crippen LogP contribution is -2.30. The molecule has 0 aromatic carbocycles. The first-order chi connectivity index (χ1) is 48.7. The highest BCUT2D eigenvalue weighted by Gasteiger charge is 2.30. The number of phosphoric ester groups is 2. The van der Waals surface area contributed by atoms with Crippen LogP contribution in [0.2, 0.25) is 0 Å². The third kappa shape index (κ3) is 76.1. The molecule has 0 radical (unpaired) electrons. The van der Waals surface area contributed by atoms with E-state index in [0.717, 1.165) is 108 Å². The minimum absolute atomic E-state index is 0.107. The number of aliphatic hydroxyl groups is 1. The minimum atomic E-state index is -4.96. The summed E-state index contributed by atoms with van der Waals surface area (Å²) in [4.78, 5) is 73.1. The van der Waals surface area contributed by atoms with Gasteiger partial charge < -0.3 is 33.8 Å². The monoisotopic (exact) mass is 1480 g/mol. The third-order valence-corrected chi connectivity index (χ3v) is 21.0. The van der Waals surface area contributed by atoms with Gasteiger partial charge in [-0.05, 0) is 43.4 Å². The molecule has 101 heavy (non-hydrogen) atoms. The smallest absolute Gasteiger partial charge is 0.462 e. The van der Waals surface area contributed by atoms with Crippen molar-refractivity contribution >= 4 is 39.5 Å². The third-order valence-electron chi connectivity index (χ3n) is 19.1. The van der Waals surface area contributed by atoms with E-state index in [-0.39, 0.29) is 25.7 Å². The van der Waals surface area contributed by atoms with E-state index in [2.05, 4.69) is 48.5 Å². The van der Waals surface area contributed by atoms with E-state index in [1.54, 1.807) is 0 Å². The topological polar surface area (TPSA) is 237 Å². The van der Waals surface area contributed by atoms with Crippen LogP contribution in [-0.4, -0.2) is 96.7 Å². The van der Waals surface area contributed by atoms with Crippen LogP contribution in [0.4, 0.5) is 0 Å². The van der Waals surface area contributed by atoms with Gasteiger partial charge in [0.25, 0.3) is 0 Å². The van der Waals surface area contributed by atoms with Gasteiger partial charge in [0.05, 0.1) is 26.4 Å². The van der Waals surface area contributed by atoms with Crippen molar-refractivity contribution in [3.05, 3.63) is 0 Å². The highest BCUT2D eigenvalue weighted by atomic mass is 31.2. The lowest BCUT2D eigenvalue weighted by molar-refractivity contribution is -0.161. The zero-order valence-corrected chi connectivity index (χ0v) is 68.2. The molecule has 0 bridgehead atoms. The molecule has 2 unspecified atom stereocenters. The molecule has 600 valence electrons. The van der Waals surface area contributed by atoms with Crippen LogP contribution in [0.25, 0.3) is 0 Å². The summed E-state index contributed by atoms with van der Waals surface area (Å²) in [6, 6.07) is 0. The van der Waals surface area contributed by atoms with Crippen LogP contribution < -0.4 is 0 Å². The molecule has 5 atom stereocenters. The Morgan fingerprint density at radius 2 is 0.455 bits per heavy atom. The summed E-state index contributed by atoms with van der Waals surface area (Å²) in [6.07, 6.45) is 61.0. The molecular formula is C82H160O17P2. The maximum absolute atomic E-state index is 13.1. The van der Waals surface area contributed by atoms with Gasteiger partial charge in [0.15, 0.2) is 12.2 Å². The van der Waals surface area contributed by atoms with Gasteiger partial charge in [-0.15, -0.1) is 0 Å². The fraction of sp³-hybridized carbons (Fsp3) is 0.951. The normalized spacial score (nSPS) is 14.0. The highest BCUT2D eigenvalue weighted by Crippen LogP contribution is 2.45. The number of hydrogen-bond donors (Lipinski definition) is 3. The largest absolute Gasteiger partial charge is 0.472 e. The van der Waals surface area contributed by atoms with Crippen molar-refractivity contribution < 1.29 is 80.2 Å². The first-order valence-corrected chi connectivity index (χ1v) is 45.3. The van der Waals surface area contributed by atoms with Crippen molar-refractivity contribution in [2.45, 2.75) is 446 Å². The van der Waals surface area contributed by atoms with Crippen LogP contribution in [0, 0.1) is 17.8 Å². The van der Waals surface area contributed by atoms with Gasteiger partial charge in [-0.3, -0.25) is 37.3 Å².